The molecule has 1 aromatic carbocycles. The number of para-hydroxylation sites is 1. The molecular formula is C16H21N3O2. The summed E-state index contributed by atoms with van der Waals surface area (Å²) in [6.45, 7) is 4.71. The second-order valence-electron chi connectivity index (χ2n) is 6.12. The topological polar surface area (TPSA) is 70.1 Å². The summed E-state index contributed by atoms with van der Waals surface area (Å²) in [6, 6.07) is 5.69. The molecule has 0 saturated heterocycles. The highest BCUT2D eigenvalue weighted by atomic mass is 16.5. The molecule has 1 aromatic heterocycles. The molecule has 0 radical (unpaired) electrons. The van der Waals surface area contributed by atoms with Crippen LogP contribution in [0.4, 0.5) is 5.69 Å². The molecule has 21 heavy (non-hydrogen) atoms. The lowest BCUT2D eigenvalue weighted by Gasteiger charge is -2.10. The Bertz CT molecular complexity index is 671. The predicted molar refractivity (Wildman–Crippen MR) is 81.9 cm³/mol. The quantitative estimate of drug-likeness (QED) is 0.678. The Balaban J connectivity index is 1.91. The van der Waals surface area contributed by atoms with E-state index in [1.165, 1.54) is 0 Å². The van der Waals surface area contributed by atoms with Crippen LogP contribution in [-0.2, 0) is 16.1 Å². The normalized spacial score (nSPS) is 14.8. The predicted octanol–water partition coefficient (Wildman–Crippen LogP) is 2.70. The fourth-order valence-corrected chi connectivity index (χ4v) is 2.44. The molecule has 112 valence electrons. The second-order valence-corrected chi connectivity index (χ2v) is 6.12. The van der Waals surface area contributed by atoms with Gasteiger partial charge in [0.25, 0.3) is 0 Å². The van der Waals surface area contributed by atoms with Crippen LogP contribution in [-0.4, -0.2) is 22.1 Å². The summed E-state index contributed by atoms with van der Waals surface area (Å²) < 4.78 is 7.26. The Morgan fingerprint density at radius 1 is 1.48 bits per heavy atom. The summed E-state index contributed by atoms with van der Waals surface area (Å²) >= 11 is 0. The smallest absolute Gasteiger partial charge is 0.326 e. The Morgan fingerprint density at radius 2 is 2.24 bits per heavy atom. The third kappa shape index (κ3) is 2.86. The van der Waals surface area contributed by atoms with Crippen LogP contribution in [0.5, 0.6) is 0 Å². The zero-order valence-corrected chi connectivity index (χ0v) is 12.5. The number of imidazole rings is 1. The maximum absolute atomic E-state index is 12.0. The molecule has 2 N–H and O–H groups in total. The molecule has 0 atom stereocenters. The molecule has 0 spiro atoms. The van der Waals surface area contributed by atoms with Crippen molar-refractivity contribution in [3.05, 3.63) is 24.0 Å². The summed E-state index contributed by atoms with van der Waals surface area (Å²) in [4.78, 5) is 16.7. The van der Waals surface area contributed by atoms with E-state index in [1.807, 2.05) is 36.6 Å². The Labute approximate surface area is 124 Å². The molecule has 1 heterocycles. The molecule has 1 saturated carbocycles. The average Bonchev–Trinajstić information content (AvgIpc) is 3.21. The van der Waals surface area contributed by atoms with Crippen molar-refractivity contribution in [2.75, 3.05) is 12.3 Å². The van der Waals surface area contributed by atoms with Gasteiger partial charge in [-0.25, -0.2) is 4.98 Å². The lowest BCUT2D eigenvalue weighted by atomic mass is 10.2. The molecule has 1 fully saturated rings. The summed E-state index contributed by atoms with van der Waals surface area (Å²) in [5.74, 6) is 1.54. The van der Waals surface area contributed by atoms with Gasteiger partial charge in [0.05, 0.1) is 17.8 Å². The van der Waals surface area contributed by atoms with Gasteiger partial charge in [-0.1, -0.05) is 19.9 Å². The first-order valence-corrected chi connectivity index (χ1v) is 7.46. The summed E-state index contributed by atoms with van der Waals surface area (Å²) in [5, 5.41) is 0. The fourth-order valence-electron chi connectivity index (χ4n) is 2.44. The number of aromatic nitrogens is 2. The fraction of sp³-hybridized carbons (Fsp3) is 0.500. The van der Waals surface area contributed by atoms with Gasteiger partial charge in [-0.15, -0.1) is 0 Å². The van der Waals surface area contributed by atoms with E-state index in [-0.39, 0.29) is 12.5 Å². The largest absolute Gasteiger partial charge is 0.464 e. The van der Waals surface area contributed by atoms with Crippen molar-refractivity contribution >= 4 is 22.7 Å². The Kier molecular flexibility index (Phi) is 3.57. The molecule has 0 unspecified atom stereocenters. The monoisotopic (exact) mass is 287 g/mol. The number of ether oxygens (including phenoxy) is 1. The number of nitrogens with two attached hydrogens (primary N) is 1. The van der Waals surface area contributed by atoms with Crippen LogP contribution in [0.2, 0.25) is 0 Å². The van der Waals surface area contributed by atoms with E-state index in [2.05, 4.69) is 4.98 Å². The highest BCUT2D eigenvalue weighted by molar-refractivity contribution is 5.88. The van der Waals surface area contributed by atoms with E-state index >= 15 is 0 Å². The van der Waals surface area contributed by atoms with E-state index in [4.69, 9.17) is 10.5 Å². The number of carbonyl (C=O) groups is 1. The number of hydrogen-bond donors (Lipinski definition) is 1. The number of fused-ring (bicyclic) bond motifs is 1. The first kappa shape index (κ1) is 13.9. The van der Waals surface area contributed by atoms with Crippen molar-refractivity contribution in [3.8, 4) is 0 Å². The third-order valence-corrected chi connectivity index (χ3v) is 3.65. The number of rotatable bonds is 5. The van der Waals surface area contributed by atoms with Gasteiger partial charge in [-0.2, -0.15) is 0 Å². The van der Waals surface area contributed by atoms with E-state index < -0.39 is 0 Å². The SMILES string of the molecule is CC(C)COC(=O)Cn1c(C2CC2)nc2c(N)cccc21. The van der Waals surface area contributed by atoms with Crippen LogP contribution < -0.4 is 5.73 Å². The molecule has 0 bridgehead atoms. The maximum Gasteiger partial charge on any atom is 0.326 e. The van der Waals surface area contributed by atoms with E-state index in [1.54, 1.807) is 0 Å². The van der Waals surface area contributed by atoms with Crippen LogP contribution >= 0.6 is 0 Å². The first-order chi connectivity index (χ1) is 10.1. The third-order valence-electron chi connectivity index (χ3n) is 3.65. The molecule has 5 nitrogen and oxygen atoms in total. The first-order valence-electron chi connectivity index (χ1n) is 7.46. The molecule has 1 aliphatic carbocycles. The second kappa shape index (κ2) is 5.39. The molecule has 2 aromatic rings. The number of carbonyl (C=O) groups excluding carboxylic acids is 1. The van der Waals surface area contributed by atoms with Gasteiger partial charge in [0, 0.05) is 5.92 Å². The standard InChI is InChI=1S/C16H21N3O2/c1-10(2)9-21-14(20)8-19-13-5-3-4-12(17)15(13)18-16(19)11-6-7-11/h3-5,10-11H,6-9,17H2,1-2H3. The number of nitrogen functional groups attached to an aromatic ring is 1. The lowest BCUT2D eigenvalue weighted by molar-refractivity contribution is -0.145. The summed E-state index contributed by atoms with van der Waals surface area (Å²) in [6.07, 6.45) is 2.26. The van der Waals surface area contributed by atoms with Gasteiger partial charge in [-0.3, -0.25) is 4.79 Å². The van der Waals surface area contributed by atoms with Crippen molar-refractivity contribution in [2.24, 2.45) is 5.92 Å². The van der Waals surface area contributed by atoms with Crippen LogP contribution in [0.15, 0.2) is 18.2 Å². The average molecular weight is 287 g/mol. The van der Waals surface area contributed by atoms with Crippen molar-refractivity contribution in [1.82, 2.24) is 9.55 Å². The number of benzene rings is 1. The van der Waals surface area contributed by atoms with Crippen molar-refractivity contribution in [1.29, 1.82) is 0 Å². The van der Waals surface area contributed by atoms with E-state index in [9.17, 15) is 4.79 Å². The van der Waals surface area contributed by atoms with Crippen LogP contribution in [0.3, 0.4) is 0 Å². The highest BCUT2D eigenvalue weighted by Gasteiger charge is 2.30. The zero-order chi connectivity index (χ0) is 15.0. The van der Waals surface area contributed by atoms with Crippen molar-refractivity contribution in [2.45, 2.75) is 39.2 Å². The number of hydrogen-bond acceptors (Lipinski definition) is 4. The molecule has 5 heteroatoms. The van der Waals surface area contributed by atoms with E-state index in [0.29, 0.717) is 24.1 Å². The highest BCUT2D eigenvalue weighted by Crippen LogP contribution is 2.41. The minimum atomic E-state index is -0.215. The minimum absolute atomic E-state index is 0.207. The molecule has 0 aliphatic heterocycles. The van der Waals surface area contributed by atoms with Gasteiger partial charge < -0.3 is 15.0 Å². The maximum atomic E-state index is 12.0. The van der Waals surface area contributed by atoms with Crippen LogP contribution in [0.1, 0.15) is 38.4 Å². The number of esters is 1. The minimum Gasteiger partial charge on any atom is -0.464 e. The van der Waals surface area contributed by atoms with Crippen molar-refractivity contribution < 1.29 is 9.53 Å². The molecule has 3 rings (SSSR count). The number of nitrogens with zero attached hydrogens (tertiary/aromatic N) is 2. The van der Waals surface area contributed by atoms with Crippen molar-refractivity contribution in [3.63, 3.8) is 0 Å². The van der Waals surface area contributed by atoms with Gasteiger partial charge in [0.2, 0.25) is 0 Å². The molecular weight excluding hydrogens is 266 g/mol. The van der Waals surface area contributed by atoms with Gasteiger partial charge in [0.1, 0.15) is 17.9 Å². The van der Waals surface area contributed by atoms with Crippen LogP contribution in [0.25, 0.3) is 11.0 Å². The Hall–Kier alpha value is -2.04. The Morgan fingerprint density at radius 3 is 2.90 bits per heavy atom. The number of anilines is 1. The van der Waals surface area contributed by atoms with Gasteiger partial charge >= 0.3 is 5.97 Å². The van der Waals surface area contributed by atoms with E-state index in [0.717, 1.165) is 29.7 Å². The zero-order valence-electron chi connectivity index (χ0n) is 12.5. The molecule has 1 aliphatic rings. The lowest BCUT2D eigenvalue weighted by Crippen LogP contribution is -2.17. The van der Waals surface area contributed by atoms with Crippen LogP contribution in [0, 0.1) is 5.92 Å². The van der Waals surface area contributed by atoms with Gasteiger partial charge in [0.15, 0.2) is 0 Å². The van der Waals surface area contributed by atoms with Gasteiger partial charge in [-0.05, 0) is 30.9 Å². The summed E-state index contributed by atoms with van der Waals surface area (Å²) in [5.41, 5.74) is 8.36. The molecule has 0 amide bonds. The summed E-state index contributed by atoms with van der Waals surface area (Å²) in [7, 11) is 0.